The molecule has 1 N–H and O–H groups in total. The fraction of sp³-hybridized carbons (Fsp3) is 0.625. The van der Waals surface area contributed by atoms with Gasteiger partial charge in [0.15, 0.2) is 0 Å². The Balaban J connectivity index is 1.26. The molecule has 31 heavy (non-hydrogen) atoms. The molecule has 5 rings (SSSR count). The van der Waals surface area contributed by atoms with Gasteiger partial charge in [-0.2, -0.15) is 0 Å². The van der Waals surface area contributed by atoms with Gasteiger partial charge in [0.2, 0.25) is 0 Å². The summed E-state index contributed by atoms with van der Waals surface area (Å²) in [6, 6.07) is 6.18. The lowest BCUT2D eigenvalue weighted by atomic mass is 9.68. The Morgan fingerprint density at radius 3 is 2.90 bits per heavy atom. The Morgan fingerprint density at radius 1 is 1.16 bits per heavy atom. The first kappa shape index (κ1) is 21.4. The molecule has 2 aromatic rings. The summed E-state index contributed by atoms with van der Waals surface area (Å²) in [7, 11) is 0. The number of nitrogens with one attached hydrogen (secondary N) is 1. The topological polar surface area (TPSA) is 43.4 Å². The average Bonchev–Trinajstić information content (AvgIpc) is 3.38. The highest BCUT2D eigenvalue weighted by Crippen LogP contribution is 2.46. The number of nitrogens with zero attached hydrogens (tertiary/aromatic N) is 1. The van der Waals surface area contributed by atoms with Gasteiger partial charge in [0.1, 0.15) is 0 Å². The number of hydrogen-bond donors (Lipinski definition) is 1. The molecule has 1 unspecified atom stereocenters. The minimum atomic E-state index is -2.54. The smallest absolute Gasteiger partial charge is 0.252 e. The summed E-state index contributed by atoms with van der Waals surface area (Å²) in [5, 5.41) is 5.53. The summed E-state index contributed by atoms with van der Waals surface area (Å²) in [5.41, 5.74) is 2.92. The Morgan fingerprint density at radius 2 is 2.10 bits per heavy atom. The lowest BCUT2D eigenvalue weighted by Crippen LogP contribution is -2.49. The van der Waals surface area contributed by atoms with E-state index in [9.17, 15) is 8.78 Å². The third-order valence-electron chi connectivity index (χ3n) is 7.25. The predicted octanol–water partition coefficient (Wildman–Crippen LogP) is 4.65. The van der Waals surface area contributed by atoms with Crippen molar-refractivity contribution < 1.29 is 18.3 Å². The molecule has 0 amide bonds. The molecule has 168 valence electrons. The van der Waals surface area contributed by atoms with Gasteiger partial charge < -0.3 is 14.8 Å². The van der Waals surface area contributed by atoms with E-state index in [1.54, 1.807) is 11.3 Å². The highest BCUT2D eigenvalue weighted by molar-refractivity contribution is 7.10. The van der Waals surface area contributed by atoms with Gasteiger partial charge in [0.05, 0.1) is 12.2 Å². The van der Waals surface area contributed by atoms with Crippen molar-refractivity contribution in [3.05, 3.63) is 51.5 Å². The second-order valence-corrected chi connectivity index (χ2v) is 10.3. The molecule has 2 aromatic heterocycles. The van der Waals surface area contributed by atoms with Crippen molar-refractivity contribution in [1.29, 1.82) is 0 Å². The zero-order chi connectivity index (χ0) is 21.4. The maximum atomic E-state index is 13.7. The van der Waals surface area contributed by atoms with Crippen LogP contribution in [0.5, 0.6) is 0 Å². The minimum Gasteiger partial charge on any atom is -0.378 e. The van der Waals surface area contributed by atoms with Gasteiger partial charge in [-0.05, 0) is 60.9 Å². The quantitative estimate of drug-likeness (QED) is 0.653. The van der Waals surface area contributed by atoms with Gasteiger partial charge in [-0.3, -0.25) is 4.98 Å². The van der Waals surface area contributed by atoms with Crippen LogP contribution in [-0.2, 0) is 34.3 Å². The van der Waals surface area contributed by atoms with Crippen LogP contribution in [0.3, 0.4) is 0 Å². The number of fused-ring (bicyclic) bond motifs is 1. The first-order valence-corrected chi connectivity index (χ1v) is 12.2. The largest absolute Gasteiger partial charge is 0.378 e. The lowest BCUT2D eigenvalue weighted by Gasteiger charge is -2.45. The molecular weight excluding hydrogens is 418 g/mol. The van der Waals surface area contributed by atoms with Crippen molar-refractivity contribution in [2.24, 2.45) is 0 Å². The van der Waals surface area contributed by atoms with Crippen LogP contribution in [0.4, 0.5) is 8.78 Å². The number of aromatic nitrogens is 1. The van der Waals surface area contributed by atoms with Crippen LogP contribution in [0.15, 0.2) is 29.8 Å². The highest BCUT2D eigenvalue weighted by Gasteiger charge is 2.49. The second kappa shape index (κ2) is 8.50. The van der Waals surface area contributed by atoms with Crippen molar-refractivity contribution in [1.82, 2.24) is 10.3 Å². The van der Waals surface area contributed by atoms with E-state index in [0.717, 1.165) is 68.8 Å². The molecule has 1 spiro atoms. The Bertz CT molecular complexity index is 898. The molecule has 4 heterocycles. The molecule has 2 atom stereocenters. The molecule has 3 aliphatic rings. The molecule has 7 heteroatoms. The van der Waals surface area contributed by atoms with Crippen molar-refractivity contribution in [3.63, 3.8) is 0 Å². The van der Waals surface area contributed by atoms with Crippen LogP contribution < -0.4 is 5.32 Å². The number of rotatable bonds is 6. The van der Waals surface area contributed by atoms with Crippen LogP contribution in [0.1, 0.15) is 53.8 Å². The Kier molecular flexibility index (Phi) is 5.88. The average molecular weight is 449 g/mol. The van der Waals surface area contributed by atoms with E-state index in [1.807, 2.05) is 17.6 Å². The van der Waals surface area contributed by atoms with E-state index in [4.69, 9.17) is 14.5 Å². The molecule has 2 fully saturated rings. The van der Waals surface area contributed by atoms with E-state index in [2.05, 4.69) is 17.4 Å². The van der Waals surface area contributed by atoms with Crippen LogP contribution in [0, 0.1) is 0 Å². The SMILES string of the molecule is FC1(F)CCc2c(csc2CNCC[C@@]2(c3ccccn3)CCOC3(CCOC3)C2)C1. The van der Waals surface area contributed by atoms with Gasteiger partial charge in [0, 0.05) is 61.2 Å². The summed E-state index contributed by atoms with van der Waals surface area (Å²) >= 11 is 1.62. The Labute approximate surface area is 186 Å². The zero-order valence-electron chi connectivity index (χ0n) is 17.8. The molecule has 0 aromatic carbocycles. The number of ether oxygens (including phenoxy) is 2. The number of halogens is 2. The number of thiophene rings is 1. The first-order valence-electron chi connectivity index (χ1n) is 11.3. The molecule has 2 saturated heterocycles. The maximum absolute atomic E-state index is 13.7. The first-order chi connectivity index (χ1) is 15.0. The number of alkyl halides is 2. The zero-order valence-corrected chi connectivity index (χ0v) is 18.6. The summed E-state index contributed by atoms with van der Waals surface area (Å²) < 4.78 is 39.3. The summed E-state index contributed by atoms with van der Waals surface area (Å²) in [4.78, 5) is 5.95. The fourth-order valence-corrected chi connectivity index (χ4v) is 6.63. The van der Waals surface area contributed by atoms with E-state index < -0.39 is 5.92 Å². The molecule has 1 aliphatic carbocycles. The molecule has 4 nitrogen and oxygen atoms in total. The monoisotopic (exact) mass is 448 g/mol. The van der Waals surface area contributed by atoms with Gasteiger partial charge >= 0.3 is 0 Å². The maximum Gasteiger partial charge on any atom is 0.252 e. The van der Waals surface area contributed by atoms with Crippen LogP contribution in [-0.4, -0.2) is 42.9 Å². The van der Waals surface area contributed by atoms with Gasteiger partial charge in [-0.1, -0.05) is 6.07 Å². The minimum absolute atomic E-state index is 0.0306. The summed E-state index contributed by atoms with van der Waals surface area (Å²) in [6.45, 7) is 3.76. The van der Waals surface area contributed by atoms with Crippen LogP contribution >= 0.6 is 11.3 Å². The van der Waals surface area contributed by atoms with Crippen molar-refractivity contribution >= 4 is 11.3 Å². The van der Waals surface area contributed by atoms with E-state index in [0.29, 0.717) is 13.0 Å². The predicted molar refractivity (Wildman–Crippen MR) is 117 cm³/mol. The third kappa shape index (κ3) is 4.42. The Hall–Kier alpha value is -1.41. The van der Waals surface area contributed by atoms with Gasteiger partial charge in [0.25, 0.3) is 5.92 Å². The number of hydrogen-bond acceptors (Lipinski definition) is 5. The van der Waals surface area contributed by atoms with Crippen molar-refractivity contribution in [2.75, 3.05) is 26.4 Å². The van der Waals surface area contributed by atoms with Crippen molar-refractivity contribution in [3.8, 4) is 0 Å². The third-order valence-corrected chi connectivity index (χ3v) is 8.33. The lowest BCUT2D eigenvalue weighted by molar-refractivity contribution is -0.109. The summed E-state index contributed by atoms with van der Waals surface area (Å²) in [5.74, 6) is -2.54. The van der Waals surface area contributed by atoms with Crippen LogP contribution in [0.25, 0.3) is 0 Å². The van der Waals surface area contributed by atoms with Gasteiger partial charge in [-0.15, -0.1) is 11.3 Å². The summed E-state index contributed by atoms with van der Waals surface area (Å²) in [6.07, 6.45) is 6.04. The number of pyridine rings is 1. The molecule has 0 saturated carbocycles. The van der Waals surface area contributed by atoms with Gasteiger partial charge in [-0.25, -0.2) is 8.78 Å². The molecule has 2 aliphatic heterocycles. The standard InChI is InChI=1S/C24H30F2N2O2S/c25-24(26)5-4-19-18(13-24)15-31-20(19)14-27-10-6-22(21-3-1-2-9-28-21)7-12-30-23(16-22)8-11-29-17-23/h1-3,9,15,27H,4-8,10-14,16-17H2/t22-,23?/m1/s1. The second-order valence-electron chi connectivity index (χ2n) is 9.38. The molecule has 0 radical (unpaired) electrons. The van der Waals surface area contributed by atoms with Crippen LogP contribution in [0.2, 0.25) is 0 Å². The normalized spacial score (nSPS) is 29.9. The van der Waals surface area contributed by atoms with E-state index in [-0.39, 0.29) is 23.9 Å². The van der Waals surface area contributed by atoms with E-state index in [1.165, 1.54) is 4.88 Å². The fourth-order valence-electron chi connectivity index (χ4n) is 5.56. The highest BCUT2D eigenvalue weighted by atomic mass is 32.1. The van der Waals surface area contributed by atoms with Crippen molar-refractivity contribution in [2.45, 2.75) is 68.4 Å². The van der Waals surface area contributed by atoms with E-state index >= 15 is 0 Å². The molecular formula is C24H30F2N2O2S. The molecule has 0 bridgehead atoms.